The second-order valence-electron chi connectivity index (χ2n) is 6.44. The van der Waals surface area contributed by atoms with Gasteiger partial charge in [0.15, 0.2) is 0 Å². The van der Waals surface area contributed by atoms with Gasteiger partial charge in [-0.2, -0.15) is 0 Å². The lowest BCUT2D eigenvalue weighted by Crippen LogP contribution is -2.04. The van der Waals surface area contributed by atoms with Crippen LogP contribution in [0.15, 0.2) is 42.5 Å². The third kappa shape index (κ3) is 3.47. The molecule has 1 fully saturated rings. The monoisotopic (exact) mass is 279 g/mol. The second kappa shape index (κ2) is 6.34. The van der Waals surface area contributed by atoms with Crippen LogP contribution in [0.2, 0.25) is 0 Å². The molecule has 0 amide bonds. The number of hydrogen-bond donors (Lipinski definition) is 1. The van der Waals surface area contributed by atoms with Crippen molar-refractivity contribution in [2.75, 3.05) is 5.73 Å². The van der Waals surface area contributed by atoms with Gasteiger partial charge in [0.25, 0.3) is 0 Å². The third-order valence-corrected chi connectivity index (χ3v) is 4.80. The standard InChI is InChI=1S/C20H25N/c1-15-13-17(9-12-20(15)21)14-16-7-10-19(11-8-16)18-5-3-2-4-6-18/h7-13,18H,2-6,14,21H2,1H3. The lowest BCUT2D eigenvalue weighted by Gasteiger charge is -2.22. The highest BCUT2D eigenvalue weighted by Gasteiger charge is 2.15. The molecule has 21 heavy (non-hydrogen) atoms. The van der Waals surface area contributed by atoms with Gasteiger partial charge in [0, 0.05) is 5.69 Å². The molecule has 1 aliphatic rings. The zero-order valence-electron chi connectivity index (χ0n) is 12.9. The van der Waals surface area contributed by atoms with Gasteiger partial charge in [0.1, 0.15) is 0 Å². The summed E-state index contributed by atoms with van der Waals surface area (Å²) in [6.07, 6.45) is 7.96. The van der Waals surface area contributed by atoms with Crippen LogP contribution in [0.5, 0.6) is 0 Å². The van der Waals surface area contributed by atoms with Crippen LogP contribution in [-0.4, -0.2) is 0 Å². The van der Waals surface area contributed by atoms with E-state index in [9.17, 15) is 0 Å². The zero-order chi connectivity index (χ0) is 14.7. The molecule has 3 rings (SSSR count). The van der Waals surface area contributed by atoms with E-state index in [4.69, 9.17) is 5.73 Å². The van der Waals surface area contributed by atoms with Gasteiger partial charge in [-0.3, -0.25) is 0 Å². The van der Waals surface area contributed by atoms with E-state index in [1.165, 1.54) is 54.4 Å². The first kappa shape index (κ1) is 14.2. The molecule has 0 aromatic heterocycles. The lowest BCUT2D eigenvalue weighted by atomic mass is 9.84. The van der Waals surface area contributed by atoms with Crippen molar-refractivity contribution in [3.63, 3.8) is 0 Å². The van der Waals surface area contributed by atoms with Crippen molar-refractivity contribution in [3.05, 3.63) is 64.7 Å². The molecule has 0 atom stereocenters. The molecule has 2 aromatic rings. The number of aryl methyl sites for hydroxylation is 1. The Hall–Kier alpha value is -1.76. The van der Waals surface area contributed by atoms with E-state index in [2.05, 4.69) is 43.3 Å². The van der Waals surface area contributed by atoms with E-state index < -0.39 is 0 Å². The Bertz CT molecular complexity index is 592. The summed E-state index contributed by atoms with van der Waals surface area (Å²) < 4.78 is 0. The summed E-state index contributed by atoms with van der Waals surface area (Å²) in [7, 11) is 0. The fourth-order valence-corrected chi connectivity index (χ4v) is 3.43. The molecule has 1 aliphatic carbocycles. The molecule has 1 heteroatoms. The number of nitrogens with two attached hydrogens (primary N) is 1. The van der Waals surface area contributed by atoms with Crippen LogP contribution in [0.25, 0.3) is 0 Å². The molecule has 0 radical (unpaired) electrons. The molecule has 1 saturated carbocycles. The molecule has 2 N–H and O–H groups in total. The fraction of sp³-hybridized carbons (Fsp3) is 0.400. The molecule has 0 unspecified atom stereocenters. The first-order chi connectivity index (χ1) is 10.2. The molecule has 2 aromatic carbocycles. The normalized spacial score (nSPS) is 16.0. The Balaban J connectivity index is 1.70. The largest absolute Gasteiger partial charge is 0.399 e. The van der Waals surface area contributed by atoms with Crippen molar-refractivity contribution in [3.8, 4) is 0 Å². The molecular formula is C20H25N. The van der Waals surface area contributed by atoms with Crippen molar-refractivity contribution < 1.29 is 0 Å². The van der Waals surface area contributed by atoms with Gasteiger partial charge < -0.3 is 5.73 Å². The number of anilines is 1. The molecule has 0 spiro atoms. The quantitative estimate of drug-likeness (QED) is 0.766. The Labute approximate surface area is 128 Å². The molecule has 0 saturated heterocycles. The van der Waals surface area contributed by atoms with Gasteiger partial charge >= 0.3 is 0 Å². The molecule has 110 valence electrons. The van der Waals surface area contributed by atoms with Crippen LogP contribution < -0.4 is 5.73 Å². The predicted octanol–water partition coefficient (Wildman–Crippen LogP) is 5.22. The first-order valence-electron chi connectivity index (χ1n) is 8.16. The van der Waals surface area contributed by atoms with Gasteiger partial charge in [-0.15, -0.1) is 0 Å². The molecule has 0 aliphatic heterocycles. The number of benzene rings is 2. The Kier molecular flexibility index (Phi) is 4.28. The van der Waals surface area contributed by atoms with E-state index in [1.807, 2.05) is 6.07 Å². The van der Waals surface area contributed by atoms with Crippen LogP contribution in [0.4, 0.5) is 5.69 Å². The average molecular weight is 279 g/mol. The Morgan fingerprint density at radius 1 is 0.905 bits per heavy atom. The van der Waals surface area contributed by atoms with E-state index in [0.29, 0.717) is 0 Å². The van der Waals surface area contributed by atoms with Crippen LogP contribution in [0.3, 0.4) is 0 Å². The fourth-order valence-electron chi connectivity index (χ4n) is 3.43. The van der Waals surface area contributed by atoms with Crippen molar-refractivity contribution in [1.29, 1.82) is 0 Å². The zero-order valence-corrected chi connectivity index (χ0v) is 12.9. The topological polar surface area (TPSA) is 26.0 Å². The highest BCUT2D eigenvalue weighted by atomic mass is 14.5. The maximum Gasteiger partial charge on any atom is 0.0343 e. The first-order valence-corrected chi connectivity index (χ1v) is 8.16. The maximum absolute atomic E-state index is 5.88. The smallest absolute Gasteiger partial charge is 0.0343 e. The summed E-state index contributed by atoms with van der Waals surface area (Å²) in [5.74, 6) is 0.798. The minimum absolute atomic E-state index is 0.798. The Morgan fingerprint density at radius 3 is 2.24 bits per heavy atom. The molecule has 1 nitrogen and oxygen atoms in total. The van der Waals surface area contributed by atoms with Crippen molar-refractivity contribution in [1.82, 2.24) is 0 Å². The minimum atomic E-state index is 0.798. The second-order valence-corrected chi connectivity index (χ2v) is 6.44. The summed E-state index contributed by atoms with van der Waals surface area (Å²) in [6.45, 7) is 2.07. The lowest BCUT2D eigenvalue weighted by molar-refractivity contribution is 0.443. The Morgan fingerprint density at radius 2 is 1.57 bits per heavy atom. The SMILES string of the molecule is Cc1cc(Cc2ccc(C3CCCCC3)cc2)ccc1N. The summed E-state index contributed by atoms with van der Waals surface area (Å²) in [5.41, 5.74) is 12.2. The number of hydrogen-bond acceptors (Lipinski definition) is 1. The summed E-state index contributed by atoms with van der Waals surface area (Å²) >= 11 is 0. The van der Waals surface area contributed by atoms with Crippen molar-refractivity contribution >= 4 is 5.69 Å². The van der Waals surface area contributed by atoms with E-state index in [-0.39, 0.29) is 0 Å². The van der Waals surface area contributed by atoms with Gasteiger partial charge in [0.05, 0.1) is 0 Å². The van der Waals surface area contributed by atoms with Crippen molar-refractivity contribution in [2.45, 2.75) is 51.4 Å². The highest BCUT2D eigenvalue weighted by Crippen LogP contribution is 2.32. The summed E-state index contributed by atoms with van der Waals surface area (Å²) in [6, 6.07) is 15.6. The van der Waals surface area contributed by atoms with E-state index in [0.717, 1.165) is 18.0 Å². The van der Waals surface area contributed by atoms with Crippen LogP contribution >= 0.6 is 0 Å². The van der Waals surface area contributed by atoms with Gasteiger partial charge in [0.2, 0.25) is 0 Å². The molecular weight excluding hydrogens is 254 g/mol. The molecule has 0 heterocycles. The summed E-state index contributed by atoms with van der Waals surface area (Å²) in [5, 5.41) is 0. The van der Waals surface area contributed by atoms with Gasteiger partial charge in [-0.05, 0) is 60.4 Å². The molecule has 0 bridgehead atoms. The number of nitrogen functional groups attached to an aromatic ring is 1. The number of rotatable bonds is 3. The van der Waals surface area contributed by atoms with Crippen molar-refractivity contribution in [2.24, 2.45) is 0 Å². The minimum Gasteiger partial charge on any atom is -0.399 e. The van der Waals surface area contributed by atoms with E-state index >= 15 is 0 Å². The maximum atomic E-state index is 5.88. The van der Waals surface area contributed by atoms with E-state index in [1.54, 1.807) is 0 Å². The predicted molar refractivity (Wildman–Crippen MR) is 90.7 cm³/mol. The van der Waals surface area contributed by atoms with Crippen LogP contribution in [0.1, 0.15) is 60.3 Å². The summed E-state index contributed by atoms with van der Waals surface area (Å²) in [4.78, 5) is 0. The van der Waals surface area contributed by atoms with Crippen LogP contribution in [-0.2, 0) is 6.42 Å². The van der Waals surface area contributed by atoms with Gasteiger partial charge in [-0.1, -0.05) is 55.7 Å². The average Bonchev–Trinajstić information content (AvgIpc) is 2.53. The van der Waals surface area contributed by atoms with Crippen LogP contribution in [0, 0.1) is 6.92 Å². The highest BCUT2D eigenvalue weighted by molar-refractivity contribution is 5.48. The van der Waals surface area contributed by atoms with Gasteiger partial charge in [-0.25, -0.2) is 0 Å². The third-order valence-electron chi connectivity index (χ3n) is 4.80.